The normalized spacial score (nSPS) is 11.0. The molecule has 5 heteroatoms. The number of aryl methyl sites for hydroxylation is 1. The van der Waals surface area contributed by atoms with E-state index in [0.717, 1.165) is 66.5 Å². The van der Waals surface area contributed by atoms with Crippen LogP contribution in [-0.4, -0.2) is 27.8 Å². The fourth-order valence-electron chi connectivity index (χ4n) is 3.22. The molecule has 0 unspecified atom stereocenters. The lowest BCUT2D eigenvalue weighted by atomic mass is 10.1. The van der Waals surface area contributed by atoms with Gasteiger partial charge in [-0.2, -0.15) is 0 Å². The van der Waals surface area contributed by atoms with Gasteiger partial charge in [0.1, 0.15) is 11.6 Å². The summed E-state index contributed by atoms with van der Waals surface area (Å²) in [6, 6.07) is 10.1. The molecule has 0 spiro atoms. The number of rotatable bonds is 10. The van der Waals surface area contributed by atoms with Crippen LogP contribution >= 0.6 is 0 Å². The van der Waals surface area contributed by atoms with E-state index >= 15 is 0 Å². The average Bonchev–Trinajstić information content (AvgIpc) is 3.18. The van der Waals surface area contributed by atoms with Crippen molar-refractivity contribution in [1.29, 1.82) is 0 Å². The minimum absolute atomic E-state index is 0.364. The molecular formula is C22H27N3O2. The standard InChI is InChI=1S/C22H27N3O2/c1-3-17(26)11-6-4-5-7-13-21-23-15-20(24-21)18-14-16-10-8-9-12-19(16)25-22(18)27-2/h8-10,12,14-15H,3-7,11,13H2,1-2H3,(H,23,24). The van der Waals surface area contributed by atoms with Crippen molar-refractivity contribution in [2.24, 2.45) is 0 Å². The molecule has 3 rings (SSSR count). The second-order valence-electron chi connectivity index (χ2n) is 6.79. The van der Waals surface area contributed by atoms with Crippen LogP contribution in [0, 0.1) is 0 Å². The van der Waals surface area contributed by atoms with Gasteiger partial charge in [-0.3, -0.25) is 4.79 Å². The number of aromatic nitrogens is 3. The van der Waals surface area contributed by atoms with Gasteiger partial charge < -0.3 is 9.72 Å². The first-order chi connectivity index (χ1) is 13.2. The Morgan fingerprint density at radius 3 is 2.78 bits per heavy atom. The number of hydrogen-bond donors (Lipinski definition) is 1. The quantitative estimate of drug-likeness (QED) is 0.507. The molecular weight excluding hydrogens is 338 g/mol. The van der Waals surface area contributed by atoms with Crippen molar-refractivity contribution in [2.75, 3.05) is 7.11 Å². The van der Waals surface area contributed by atoms with Crippen molar-refractivity contribution < 1.29 is 9.53 Å². The number of aromatic amines is 1. The molecule has 0 aliphatic rings. The van der Waals surface area contributed by atoms with Crippen LogP contribution in [0.5, 0.6) is 5.88 Å². The third-order valence-electron chi connectivity index (χ3n) is 4.81. The van der Waals surface area contributed by atoms with E-state index in [9.17, 15) is 4.79 Å². The monoisotopic (exact) mass is 365 g/mol. The van der Waals surface area contributed by atoms with Crippen LogP contribution in [0.25, 0.3) is 22.2 Å². The Labute approximate surface area is 160 Å². The van der Waals surface area contributed by atoms with E-state index in [1.165, 1.54) is 0 Å². The van der Waals surface area contributed by atoms with Crippen molar-refractivity contribution in [3.63, 3.8) is 0 Å². The number of ketones is 1. The van der Waals surface area contributed by atoms with E-state index in [0.29, 0.717) is 18.1 Å². The molecule has 5 nitrogen and oxygen atoms in total. The highest BCUT2D eigenvalue weighted by molar-refractivity contribution is 5.85. The third kappa shape index (κ3) is 4.94. The molecule has 0 bridgehead atoms. The number of fused-ring (bicyclic) bond motifs is 1. The van der Waals surface area contributed by atoms with Crippen LogP contribution in [0.2, 0.25) is 0 Å². The first kappa shape index (κ1) is 19.1. The van der Waals surface area contributed by atoms with E-state index in [1.807, 2.05) is 37.4 Å². The third-order valence-corrected chi connectivity index (χ3v) is 4.81. The molecule has 0 saturated heterocycles. The summed E-state index contributed by atoms with van der Waals surface area (Å²) in [5.41, 5.74) is 2.76. The highest BCUT2D eigenvalue weighted by atomic mass is 16.5. The number of pyridine rings is 1. The molecule has 2 aromatic heterocycles. The van der Waals surface area contributed by atoms with Crippen LogP contribution in [0.1, 0.15) is 51.3 Å². The summed E-state index contributed by atoms with van der Waals surface area (Å²) in [4.78, 5) is 23.8. The maximum Gasteiger partial charge on any atom is 0.223 e. The number of benzene rings is 1. The number of Topliss-reactive ketones (excluding diaryl/α,β-unsaturated/α-hetero) is 1. The smallest absolute Gasteiger partial charge is 0.223 e. The molecule has 0 radical (unpaired) electrons. The fraction of sp³-hybridized carbons (Fsp3) is 0.409. The molecule has 0 amide bonds. The second kappa shape index (κ2) is 9.31. The molecule has 0 aliphatic carbocycles. The molecule has 0 saturated carbocycles. The van der Waals surface area contributed by atoms with Gasteiger partial charge in [0.15, 0.2) is 0 Å². The first-order valence-electron chi connectivity index (χ1n) is 9.71. The Kier molecular flexibility index (Phi) is 6.58. The summed E-state index contributed by atoms with van der Waals surface area (Å²) < 4.78 is 5.48. The van der Waals surface area contributed by atoms with E-state index in [2.05, 4.69) is 21.0 Å². The van der Waals surface area contributed by atoms with Gasteiger partial charge in [0.2, 0.25) is 5.88 Å². The van der Waals surface area contributed by atoms with Crippen molar-refractivity contribution in [2.45, 2.75) is 51.9 Å². The van der Waals surface area contributed by atoms with Crippen molar-refractivity contribution in [1.82, 2.24) is 15.0 Å². The Hall–Kier alpha value is -2.69. The Balaban J connectivity index is 1.60. The number of nitrogens with one attached hydrogen (secondary N) is 1. The van der Waals surface area contributed by atoms with Gasteiger partial charge in [0.25, 0.3) is 0 Å². The number of imidazole rings is 1. The Morgan fingerprint density at radius 2 is 1.96 bits per heavy atom. The lowest BCUT2D eigenvalue weighted by Gasteiger charge is -2.07. The predicted octanol–water partition coefficient (Wildman–Crippen LogP) is 5.11. The number of H-pyrrole nitrogens is 1. The van der Waals surface area contributed by atoms with Gasteiger partial charge in [-0.05, 0) is 25.0 Å². The van der Waals surface area contributed by atoms with Gasteiger partial charge in [-0.1, -0.05) is 38.0 Å². The van der Waals surface area contributed by atoms with Crippen LogP contribution in [0.3, 0.4) is 0 Å². The maximum absolute atomic E-state index is 11.3. The topological polar surface area (TPSA) is 67.9 Å². The zero-order valence-corrected chi connectivity index (χ0v) is 16.1. The number of ether oxygens (including phenoxy) is 1. The summed E-state index contributed by atoms with van der Waals surface area (Å²) in [5.74, 6) is 1.94. The highest BCUT2D eigenvalue weighted by Crippen LogP contribution is 2.30. The number of carbonyl (C=O) groups is 1. The maximum atomic E-state index is 11.3. The van der Waals surface area contributed by atoms with E-state index in [-0.39, 0.29) is 0 Å². The van der Waals surface area contributed by atoms with Crippen molar-refractivity contribution >= 4 is 16.7 Å². The number of unbranched alkanes of at least 4 members (excludes halogenated alkanes) is 3. The zero-order chi connectivity index (χ0) is 19.1. The summed E-state index contributed by atoms with van der Waals surface area (Å²) in [5, 5.41) is 1.08. The lowest BCUT2D eigenvalue weighted by molar-refractivity contribution is -0.118. The highest BCUT2D eigenvalue weighted by Gasteiger charge is 2.12. The molecule has 142 valence electrons. The number of para-hydroxylation sites is 1. The predicted molar refractivity (Wildman–Crippen MR) is 108 cm³/mol. The number of nitrogens with zero attached hydrogens (tertiary/aromatic N) is 2. The summed E-state index contributed by atoms with van der Waals surface area (Å²) in [6.07, 6.45) is 8.42. The van der Waals surface area contributed by atoms with E-state index < -0.39 is 0 Å². The van der Waals surface area contributed by atoms with Gasteiger partial charge in [-0.15, -0.1) is 0 Å². The lowest BCUT2D eigenvalue weighted by Crippen LogP contribution is -1.95. The summed E-state index contributed by atoms with van der Waals surface area (Å²) in [6.45, 7) is 1.93. The molecule has 3 aromatic rings. The molecule has 0 aliphatic heterocycles. The SMILES string of the molecule is CCC(=O)CCCCCCc1ncc(-c2cc3ccccc3nc2OC)[nH]1. The average molecular weight is 365 g/mol. The Bertz CT molecular complexity index is 901. The van der Waals surface area contributed by atoms with Gasteiger partial charge in [0, 0.05) is 24.6 Å². The largest absolute Gasteiger partial charge is 0.480 e. The van der Waals surface area contributed by atoms with Crippen LogP contribution in [0.4, 0.5) is 0 Å². The van der Waals surface area contributed by atoms with Gasteiger partial charge >= 0.3 is 0 Å². The summed E-state index contributed by atoms with van der Waals surface area (Å²) >= 11 is 0. The van der Waals surface area contributed by atoms with Crippen LogP contribution in [0.15, 0.2) is 36.5 Å². The van der Waals surface area contributed by atoms with Gasteiger partial charge in [-0.25, -0.2) is 9.97 Å². The van der Waals surface area contributed by atoms with Crippen LogP contribution in [-0.2, 0) is 11.2 Å². The molecule has 1 aromatic carbocycles. The molecule has 0 atom stereocenters. The second-order valence-corrected chi connectivity index (χ2v) is 6.79. The number of carbonyl (C=O) groups excluding carboxylic acids is 1. The van der Waals surface area contributed by atoms with E-state index in [4.69, 9.17) is 4.74 Å². The van der Waals surface area contributed by atoms with Gasteiger partial charge in [0.05, 0.1) is 30.1 Å². The number of methoxy groups -OCH3 is 1. The first-order valence-corrected chi connectivity index (χ1v) is 9.71. The molecule has 27 heavy (non-hydrogen) atoms. The summed E-state index contributed by atoms with van der Waals surface area (Å²) in [7, 11) is 1.64. The molecule has 2 heterocycles. The zero-order valence-electron chi connectivity index (χ0n) is 16.1. The van der Waals surface area contributed by atoms with Crippen molar-refractivity contribution in [3.8, 4) is 17.1 Å². The molecule has 0 fully saturated rings. The number of hydrogen-bond acceptors (Lipinski definition) is 4. The van der Waals surface area contributed by atoms with Crippen LogP contribution < -0.4 is 4.74 Å². The Morgan fingerprint density at radius 1 is 1.15 bits per heavy atom. The minimum atomic E-state index is 0.364. The molecule has 1 N–H and O–H groups in total. The van der Waals surface area contributed by atoms with E-state index in [1.54, 1.807) is 7.11 Å². The minimum Gasteiger partial charge on any atom is -0.480 e. The van der Waals surface area contributed by atoms with Crippen molar-refractivity contribution in [3.05, 3.63) is 42.4 Å². The fourth-order valence-corrected chi connectivity index (χ4v) is 3.22.